The standard InChI is InChI=1S/C14H32N4O2/c1-5-15-9-14(10-16-6-2,11-17-7-3)12-20-13(19)18-8-4/h15-17H,5-12H2,1-4H3,(H,18,19). The van der Waals surface area contributed by atoms with Crippen LogP contribution in [0, 0.1) is 5.41 Å². The maximum Gasteiger partial charge on any atom is 0.407 e. The molecule has 6 heteroatoms. The summed E-state index contributed by atoms with van der Waals surface area (Å²) in [6.45, 7) is 14.2. The molecule has 0 saturated heterocycles. The molecule has 1 amide bonds. The Morgan fingerprint density at radius 2 is 1.30 bits per heavy atom. The van der Waals surface area contributed by atoms with E-state index in [1.807, 2.05) is 6.92 Å². The van der Waals surface area contributed by atoms with Gasteiger partial charge in [-0.3, -0.25) is 0 Å². The molecule has 0 aromatic heterocycles. The molecule has 0 fully saturated rings. The normalized spacial score (nSPS) is 11.4. The van der Waals surface area contributed by atoms with E-state index >= 15 is 0 Å². The highest BCUT2D eigenvalue weighted by atomic mass is 16.5. The van der Waals surface area contributed by atoms with Crippen molar-refractivity contribution >= 4 is 6.09 Å². The fourth-order valence-corrected chi connectivity index (χ4v) is 1.93. The number of nitrogens with one attached hydrogen (secondary N) is 4. The monoisotopic (exact) mass is 288 g/mol. The predicted molar refractivity (Wildman–Crippen MR) is 83.1 cm³/mol. The summed E-state index contributed by atoms with van der Waals surface area (Å²) in [5.74, 6) is 0. The highest BCUT2D eigenvalue weighted by molar-refractivity contribution is 5.67. The second kappa shape index (κ2) is 11.9. The van der Waals surface area contributed by atoms with Gasteiger partial charge >= 0.3 is 6.09 Å². The molecule has 0 radical (unpaired) electrons. The smallest absolute Gasteiger partial charge is 0.407 e. The van der Waals surface area contributed by atoms with E-state index in [0.717, 1.165) is 39.3 Å². The molecule has 0 heterocycles. The third-order valence-corrected chi connectivity index (χ3v) is 3.08. The zero-order valence-corrected chi connectivity index (χ0v) is 13.5. The molecule has 0 saturated carbocycles. The fourth-order valence-electron chi connectivity index (χ4n) is 1.93. The molecule has 120 valence electrons. The van der Waals surface area contributed by atoms with Gasteiger partial charge in [0, 0.05) is 31.6 Å². The van der Waals surface area contributed by atoms with Crippen molar-refractivity contribution in [2.75, 3.05) is 52.4 Å². The van der Waals surface area contributed by atoms with E-state index in [1.165, 1.54) is 0 Å². The summed E-state index contributed by atoms with van der Waals surface area (Å²) in [5.41, 5.74) is -0.132. The number of rotatable bonds is 12. The number of ether oxygens (including phenoxy) is 1. The Morgan fingerprint density at radius 1 is 0.850 bits per heavy atom. The molecule has 0 unspecified atom stereocenters. The van der Waals surface area contributed by atoms with Crippen LogP contribution in [0.3, 0.4) is 0 Å². The van der Waals surface area contributed by atoms with Crippen molar-refractivity contribution < 1.29 is 9.53 Å². The summed E-state index contributed by atoms with van der Waals surface area (Å²) in [6.07, 6.45) is -0.346. The van der Waals surface area contributed by atoms with Crippen LogP contribution in [0.1, 0.15) is 27.7 Å². The highest BCUT2D eigenvalue weighted by Crippen LogP contribution is 2.15. The van der Waals surface area contributed by atoms with E-state index in [0.29, 0.717) is 13.2 Å². The Bertz CT molecular complexity index is 228. The first kappa shape index (κ1) is 19.1. The van der Waals surface area contributed by atoms with Crippen molar-refractivity contribution in [1.29, 1.82) is 0 Å². The average molecular weight is 288 g/mol. The lowest BCUT2D eigenvalue weighted by Crippen LogP contribution is -2.52. The predicted octanol–water partition coefficient (Wildman–Crippen LogP) is 0.547. The summed E-state index contributed by atoms with van der Waals surface area (Å²) in [4.78, 5) is 11.5. The second-order valence-electron chi connectivity index (χ2n) is 4.95. The van der Waals surface area contributed by atoms with E-state index in [-0.39, 0.29) is 11.5 Å². The Morgan fingerprint density at radius 3 is 1.65 bits per heavy atom. The van der Waals surface area contributed by atoms with Crippen molar-refractivity contribution in [3.8, 4) is 0 Å². The van der Waals surface area contributed by atoms with E-state index in [2.05, 4.69) is 42.0 Å². The molecule has 0 bridgehead atoms. The van der Waals surface area contributed by atoms with E-state index in [9.17, 15) is 4.79 Å². The minimum atomic E-state index is -0.346. The number of hydrogen-bond acceptors (Lipinski definition) is 5. The lowest BCUT2D eigenvalue weighted by Gasteiger charge is -2.34. The Balaban J connectivity index is 4.60. The maximum absolute atomic E-state index is 11.5. The van der Waals surface area contributed by atoms with Crippen LogP contribution in [-0.4, -0.2) is 58.5 Å². The Hall–Kier alpha value is -0.850. The first-order chi connectivity index (χ1) is 9.64. The van der Waals surface area contributed by atoms with Gasteiger partial charge in [-0.15, -0.1) is 0 Å². The Kier molecular flexibility index (Phi) is 11.4. The number of amides is 1. The zero-order valence-electron chi connectivity index (χ0n) is 13.5. The van der Waals surface area contributed by atoms with Gasteiger partial charge in [-0.25, -0.2) is 4.79 Å². The van der Waals surface area contributed by atoms with Gasteiger partial charge in [-0.1, -0.05) is 20.8 Å². The molecule has 0 rings (SSSR count). The van der Waals surface area contributed by atoms with Gasteiger partial charge in [-0.05, 0) is 26.6 Å². The Labute approximate surface area is 123 Å². The molecule has 6 nitrogen and oxygen atoms in total. The molecular formula is C14H32N4O2. The van der Waals surface area contributed by atoms with E-state index < -0.39 is 0 Å². The largest absolute Gasteiger partial charge is 0.449 e. The van der Waals surface area contributed by atoms with Crippen molar-refractivity contribution in [3.63, 3.8) is 0 Å². The van der Waals surface area contributed by atoms with Crippen LogP contribution in [0.5, 0.6) is 0 Å². The van der Waals surface area contributed by atoms with Gasteiger partial charge in [0.15, 0.2) is 0 Å². The van der Waals surface area contributed by atoms with Gasteiger partial charge in [0.25, 0.3) is 0 Å². The number of carbonyl (C=O) groups is 1. The molecular weight excluding hydrogens is 256 g/mol. The lowest BCUT2D eigenvalue weighted by molar-refractivity contribution is 0.0798. The fraction of sp³-hybridized carbons (Fsp3) is 0.929. The molecule has 20 heavy (non-hydrogen) atoms. The summed E-state index contributed by atoms with van der Waals surface area (Å²) >= 11 is 0. The quantitative estimate of drug-likeness (QED) is 0.422. The molecule has 0 aliphatic heterocycles. The van der Waals surface area contributed by atoms with Crippen LogP contribution in [0.15, 0.2) is 0 Å². The van der Waals surface area contributed by atoms with E-state index in [4.69, 9.17) is 4.74 Å². The minimum absolute atomic E-state index is 0.132. The van der Waals surface area contributed by atoms with Crippen molar-refractivity contribution in [3.05, 3.63) is 0 Å². The zero-order chi connectivity index (χ0) is 15.3. The average Bonchev–Trinajstić information content (AvgIpc) is 2.46. The topological polar surface area (TPSA) is 74.4 Å². The third-order valence-electron chi connectivity index (χ3n) is 3.08. The number of hydrogen-bond donors (Lipinski definition) is 4. The first-order valence-electron chi connectivity index (χ1n) is 7.66. The van der Waals surface area contributed by atoms with Gasteiger partial charge in [0.05, 0.1) is 0 Å². The van der Waals surface area contributed by atoms with Gasteiger partial charge in [0.1, 0.15) is 6.61 Å². The molecule has 4 N–H and O–H groups in total. The molecule has 0 aromatic rings. The van der Waals surface area contributed by atoms with Crippen molar-refractivity contribution in [2.24, 2.45) is 5.41 Å². The number of alkyl carbamates (subject to hydrolysis) is 1. The third kappa shape index (κ3) is 8.35. The molecule has 0 spiro atoms. The SMILES string of the molecule is CCNCC(CNCC)(CNCC)COC(=O)NCC. The van der Waals surface area contributed by atoms with Crippen molar-refractivity contribution in [1.82, 2.24) is 21.3 Å². The number of carbonyl (C=O) groups excluding carboxylic acids is 1. The van der Waals surface area contributed by atoms with Gasteiger partial charge < -0.3 is 26.0 Å². The van der Waals surface area contributed by atoms with Crippen LogP contribution in [0.25, 0.3) is 0 Å². The van der Waals surface area contributed by atoms with Gasteiger partial charge in [0.2, 0.25) is 0 Å². The van der Waals surface area contributed by atoms with Gasteiger partial charge in [-0.2, -0.15) is 0 Å². The lowest BCUT2D eigenvalue weighted by atomic mass is 9.88. The summed E-state index contributed by atoms with van der Waals surface area (Å²) in [6, 6.07) is 0. The molecule has 0 atom stereocenters. The highest BCUT2D eigenvalue weighted by Gasteiger charge is 2.30. The molecule has 0 aromatic carbocycles. The van der Waals surface area contributed by atoms with Crippen LogP contribution in [0.2, 0.25) is 0 Å². The molecule has 0 aliphatic rings. The summed E-state index contributed by atoms with van der Waals surface area (Å²) in [7, 11) is 0. The van der Waals surface area contributed by atoms with Crippen LogP contribution in [-0.2, 0) is 4.74 Å². The van der Waals surface area contributed by atoms with Crippen LogP contribution >= 0.6 is 0 Å². The first-order valence-corrected chi connectivity index (χ1v) is 7.66. The summed E-state index contributed by atoms with van der Waals surface area (Å²) in [5, 5.41) is 12.8. The van der Waals surface area contributed by atoms with Crippen molar-refractivity contribution in [2.45, 2.75) is 27.7 Å². The van der Waals surface area contributed by atoms with Crippen LogP contribution < -0.4 is 21.3 Å². The minimum Gasteiger partial charge on any atom is -0.449 e. The van der Waals surface area contributed by atoms with Crippen LogP contribution in [0.4, 0.5) is 4.79 Å². The second-order valence-corrected chi connectivity index (χ2v) is 4.95. The summed E-state index contributed by atoms with van der Waals surface area (Å²) < 4.78 is 5.37. The maximum atomic E-state index is 11.5. The molecule has 0 aliphatic carbocycles. The van der Waals surface area contributed by atoms with E-state index in [1.54, 1.807) is 0 Å².